The van der Waals surface area contributed by atoms with Crippen molar-refractivity contribution in [3.8, 4) is 0 Å². The van der Waals surface area contributed by atoms with Gasteiger partial charge in [-0.05, 0) is 153 Å². The minimum Gasteiger partial charge on any atom is -0.744 e. The Morgan fingerprint density at radius 3 is 0.831 bits per heavy atom. The molecule has 0 amide bonds. The summed E-state index contributed by atoms with van der Waals surface area (Å²) in [4.78, 5) is 49.3. The smallest absolute Gasteiger partial charge is 0.744 e. The van der Waals surface area contributed by atoms with E-state index in [0.29, 0.717) is 25.7 Å². The van der Waals surface area contributed by atoms with E-state index in [-0.39, 0.29) is 75.3 Å². The number of carbonyl (C=O) groups is 4. The van der Waals surface area contributed by atoms with E-state index < -0.39 is 65.0 Å². The third-order valence-corrected chi connectivity index (χ3v) is 13.8. The van der Waals surface area contributed by atoms with Gasteiger partial charge in [0.1, 0.15) is 20.2 Å². The van der Waals surface area contributed by atoms with Gasteiger partial charge in [-0.1, -0.05) is 140 Å². The zero-order valence-corrected chi connectivity index (χ0v) is 50.8. The molecule has 428 valence electrons. The Morgan fingerprint density at radius 1 is 0.364 bits per heavy atom. The first-order chi connectivity index (χ1) is 36.6. The number of hydrogen-bond donors (Lipinski definition) is 0. The topological polar surface area (TPSA) is 220 Å². The van der Waals surface area contributed by atoms with Crippen molar-refractivity contribution in [2.75, 3.05) is 26.4 Å². The standard InChI is InChI=1S/2C30H46O7S.Ca/c2*1-3-5-7-9-11-13-15-17-19-24-36-29(31)26-22-21-23-27(38(33,34)35)28(26)30(32)37-25-20-18-16-14-12-10-8-6-4-2;/h2*9-12,21-23H,3-8,13-20,24-25H2,1-2H3,(H,33,34,35);/q;;+2/p-2/b2*11-9+,12-10+;. The fourth-order valence-electron chi connectivity index (χ4n) is 7.59. The van der Waals surface area contributed by atoms with Crippen molar-refractivity contribution >= 4 is 81.9 Å². The van der Waals surface area contributed by atoms with Gasteiger partial charge in [0.25, 0.3) is 0 Å². The Balaban J connectivity index is 0.00000148. The average molecular weight is 1140 g/mol. The first-order valence-corrected chi connectivity index (χ1v) is 30.9. The number of unbranched alkanes of at least 4 members (excludes halogenated alkanes) is 20. The third kappa shape index (κ3) is 35.6. The molecule has 2 rings (SSSR count). The quantitative estimate of drug-likeness (QED) is 0.0151. The van der Waals surface area contributed by atoms with E-state index in [4.69, 9.17) is 18.9 Å². The van der Waals surface area contributed by atoms with Crippen LogP contribution in [0.4, 0.5) is 0 Å². The summed E-state index contributed by atoms with van der Waals surface area (Å²) in [5.41, 5.74) is -1.65. The summed E-state index contributed by atoms with van der Waals surface area (Å²) in [5.74, 6) is -3.73. The van der Waals surface area contributed by atoms with Crippen LogP contribution < -0.4 is 0 Å². The molecule has 0 radical (unpaired) electrons. The van der Waals surface area contributed by atoms with Crippen LogP contribution in [0.25, 0.3) is 0 Å². The van der Waals surface area contributed by atoms with E-state index in [0.717, 1.165) is 115 Å². The Kier molecular flexibility index (Phi) is 45.0. The first-order valence-electron chi connectivity index (χ1n) is 28.1. The van der Waals surface area contributed by atoms with E-state index >= 15 is 0 Å². The zero-order valence-electron chi connectivity index (χ0n) is 46.9. The van der Waals surface area contributed by atoms with Crippen molar-refractivity contribution in [1.82, 2.24) is 0 Å². The Morgan fingerprint density at radius 2 is 0.597 bits per heavy atom. The maximum Gasteiger partial charge on any atom is 2.00 e. The molecule has 0 N–H and O–H groups in total. The van der Waals surface area contributed by atoms with Crippen LogP contribution in [0.15, 0.2) is 94.8 Å². The third-order valence-electron chi connectivity index (χ3n) is 12.0. The molecule has 0 aliphatic carbocycles. The zero-order chi connectivity index (χ0) is 56.1. The molecule has 14 nitrogen and oxygen atoms in total. The van der Waals surface area contributed by atoms with Gasteiger partial charge >= 0.3 is 61.6 Å². The molecule has 0 fully saturated rings. The van der Waals surface area contributed by atoms with Gasteiger partial charge in [-0.3, -0.25) is 0 Å². The van der Waals surface area contributed by atoms with Crippen molar-refractivity contribution in [2.45, 2.75) is 217 Å². The summed E-state index contributed by atoms with van der Waals surface area (Å²) < 4.78 is 91.8. The number of hydrogen-bond acceptors (Lipinski definition) is 14. The second kappa shape index (κ2) is 47.2. The van der Waals surface area contributed by atoms with Crippen molar-refractivity contribution < 1.29 is 64.1 Å². The molecule has 77 heavy (non-hydrogen) atoms. The Labute approximate surface area is 493 Å². The molecule has 0 heterocycles. The second-order valence-corrected chi connectivity index (χ2v) is 21.4. The fourth-order valence-corrected chi connectivity index (χ4v) is 8.97. The van der Waals surface area contributed by atoms with Crippen LogP contribution in [0.2, 0.25) is 0 Å². The van der Waals surface area contributed by atoms with Crippen molar-refractivity contribution in [3.63, 3.8) is 0 Å². The van der Waals surface area contributed by atoms with E-state index in [9.17, 15) is 45.1 Å². The molecule has 0 unspecified atom stereocenters. The van der Waals surface area contributed by atoms with E-state index in [2.05, 4.69) is 76.3 Å². The van der Waals surface area contributed by atoms with Gasteiger partial charge in [0, 0.05) is 0 Å². The molecule has 0 aliphatic heterocycles. The van der Waals surface area contributed by atoms with E-state index in [1.807, 2.05) is 0 Å². The number of rotatable bonds is 42. The predicted octanol–water partition coefficient (Wildman–Crippen LogP) is 14.7. The molecule has 0 aromatic heterocycles. The molecule has 0 bridgehead atoms. The summed E-state index contributed by atoms with van der Waals surface area (Å²) in [6.07, 6.45) is 44.6. The van der Waals surface area contributed by atoms with Gasteiger partial charge < -0.3 is 28.1 Å². The SMILES string of the molecule is CCCC/C=C/CCCCCOC(=O)c1cccc(S(=O)(=O)[O-])c1C(=O)OCCCCC/C=C/CCCC.CCCC/C=C/CCCCCOC(=O)c1cccc(S(=O)(=O)[O-])c1C(=O)OCCCCC/C=C/CCCC.[Ca+2]. The summed E-state index contributed by atoms with van der Waals surface area (Å²) >= 11 is 0. The molecule has 2 aromatic rings. The van der Waals surface area contributed by atoms with Crippen LogP contribution in [0, 0.1) is 0 Å². The van der Waals surface area contributed by atoms with Gasteiger partial charge in [-0.25, -0.2) is 36.0 Å². The molecule has 2 aromatic carbocycles. The summed E-state index contributed by atoms with van der Waals surface area (Å²) in [7, 11) is -10.0. The number of benzene rings is 2. The Bertz CT molecular complexity index is 2130. The molecule has 0 spiro atoms. The van der Waals surface area contributed by atoms with Crippen LogP contribution in [-0.2, 0) is 39.2 Å². The average Bonchev–Trinajstić information content (AvgIpc) is 3.39. The Hall–Kier alpha value is -3.64. The largest absolute Gasteiger partial charge is 2.00 e. The van der Waals surface area contributed by atoms with Crippen molar-refractivity contribution in [1.29, 1.82) is 0 Å². The molecule has 0 atom stereocenters. The molecule has 0 aliphatic rings. The van der Waals surface area contributed by atoms with Crippen molar-refractivity contribution in [3.05, 3.63) is 107 Å². The van der Waals surface area contributed by atoms with Crippen LogP contribution in [0.1, 0.15) is 249 Å². The molecule has 0 saturated carbocycles. The number of esters is 4. The molecular weight excluding hydrogens is 1050 g/mol. The van der Waals surface area contributed by atoms with Gasteiger partial charge in [0.05, 0.1) is 58.5 Å². The van der Waals surface area contributed by atoms with Gasteiger partial charge in [-0.15, -0.1) is 0 Å². The minimum absolute atomic E-state index is 0. The van der Waals surface area contributed by atoms with Crippen LogP contribution in [-0.4, -0.2) is 114 Å². The number of ether oxygens (including phenoxy) is 4. The predicted molar refractivity (Wildman–Crippen MR) is 304 cm³/mol. The summed E-state index contributed by atoms with van der Waals surface area (Å²) in [5, 5.41) is 0. The van der Waals surface area contributed by atoms with Crippen LogP contribution in [0.5, 0.6) is 0 Å². The molecular formula is C60H90CaO14S2. The number of allylic oxidation sites excluding steroid dienone is 8. The second-order valence-electron chi connectivity index (χ2n) is 18.7. The summed E-state index contributed by atoms with van der Waals surface area (Å²) in [6, 6.07) is 7.07. The molecule has 0 saturated heterocycles. The maximum absolute atomic E-state index is 12.8. The van der Waals surface area contributed by atoms with Crippen LogP contribution >= 0.6 is 0 Å². The first kappa shape index (κ1) is 73.4. The fraction of sp³-hybridized carbons (Fsp3) is 0.600. The summed E-state index contributed by atoms with van der Waals surface area (Å²) in [6.45, 7) is 9.02. The van der Waals surface area contributed by atoms with Crippen LogP contribution in [0.3, 0.4) is 0 Å². The normalized spacial score (nSPS) is 11.7. The van der Waals surface area contributed by atoms with Crippen molar-refractivity contribution in [2.24, 2.45) is 0 Å². The minimum atomic E-state index is -5.00. The van der Waals surface area contributed by atoms with E-state index in [1.54, 1.807) is 0 Å². The van der Waals surface area contributed by atoms with E-state index in [1.165, 1.54) is 75.6 Å². The van der Waals surface area contributed by atoms with Gasteiger partial charge in [0.2, 0.25) is 0 Å². The molecule has 17 heteroatoms. The number of carbonyl (C=O) groups excluding carboxylic acids is 4. The van der Waals surface area contributed by atoms with Gasteiger partial charge in [-0.2, -0.15) is 0 Å². The maximum atomic E-state index is 12.8. The van der Waals surface area contributed by atoms with Gasteiger partial charge in [0.15, 0.2) is 0 Å². The monoisotopic (exact) mass is 1140 g/mol.